The van der Waals surface area contributed by atoms with Crippen LogP contribution in [0.2, 0.25) is 0 Å². The third-order valence-electron chi connectivity index (χ3n) is 2.33. The first kappa shape index (κ1) is 13.1. The molecule has 0 atom stereocenters. The molecule has 0 aliphatic rings. The molecule has 0 amide bonds. The highest BCUT2D eigenvalue weighted by molar-refractivity contribution is 5.67. The molecule has 0 aliphatic carbocycles. The second kappa shape index (κ2) is 4.72. The minimum atomic E-state index is -4.82. The quantitative estimate of drug-likeness (QED) is 0.875. The molecule has 0 aliphatic heterocycles. The van der Waals surface area contributed by atoms with Crippen LogP contribution in [0.25, 0.3) is 11.1 Å². The van der Waals surface area contributed by atoms with Gasteiger partial charge in [-0.05, 0) is 35.4 Å². The Morgan fingerprint density at radius 2 is 1.42 bits per heavy atom. The predicted octanol–water partition coefficient (Wildman–Crippen LogP) is 3.66. The van der Waals surface area contributed by atoms with E-state index in [-0.39, 0.29) is 11.5 Å². The number of aromatic hydroxyl groups is 2. The lowest BCUT2D eigenvalue weighted by Gasteiger charge is -2.11. The van der Waals surface area contributed by atoms with Crippen LogP contribution in [0.1, 0.15) is 0 Å². The molecule has 0 radical (unpaired) electrons. The summed E-state index contributed by atoms with van der Waals surface area (Å²) >= 11 is 0. The second-order valence-corrected chi connectivity index (χ2v) is 3.81. The number of phenolic OH excluding ortho intramolecular Hbond substituents is 2. The zero-order valence-corrected chi connectivity index (χ0v) is 9.48. The number of benzene rings is 2. The normalized spacial score (nSPS) is 11.3. The lowest BCUT2D eigenvalue weighted by Crippen LogP contribution is -2.17. The number of phenols is 2. The minimum Gasteiger partial charge on any atom is -0.508 e. The molecule has 0 saturated carbocycles. The molecule has 100 valence electrons. The van der Waals surface area contributed by atoms with Gasteiger partial charge in [0.25, 0.3) is 0 Å². The van der Waals surface area contributed by atoms with E-state index in [1.54, 1.807) is 0 Å². The SMILES string of the molecule is Oc1ccc(-c2cc(O)cc(OC(F)(F)F)c2)cc1. The molecule has 6 heteroatoms. The van der Waals surface area contributed by atoms with Crippen molar-refractivity contribution in [2.45, 2.75) is 6.36 Å². The van der Waals surface area contributed by atoms with Crippen molar-refractivity contribution in [1.29, 1.82) is 0 Å². The summed E-state index contributed by atoms with van der Waals surface area (Å²) in [6, 6.07) is 9.14. The molecule has 19 heavy (non-hydrogen) atoms. The molecule has 0 bridgehead atoms. The van der Waals surface area contributed by atoms with Crippen molar-refractivity contribution in [1.82, 2.24) is 0 Å². The average molecular weight is 270 g/mol. The average Bonchev–Trinajstić information content (AvgIpc) is 2.26. The summed E-state index contributed by atoms with van der Waals surface area (Å²) in [5.41, 5.74) is 0.889. The van der Waals surface area contributed by atoms with Crippen molar-refractivity contribution >= 4 is 0 Å². The second-order valence-electron chi connectivity index (χ2n) is 3.81. The van der Waals surface area contributed by atoms with Gasteiger partial charge in [-0.2, -0.15) is 0 Å². The van der Waals surface area contributed by atoms with Gasteiger partial charge in [-0.1, -0.05) is 12.1 Å². The van der Waals surface area contributed by atoms with Crippen molar-refractivity contribution in [3.63, 3.8) is 0 Å². The lowest BCUT2D eigenvalue weighted by molar-refractivity contribution is -0.274. The molecule has 0 aromatic heterocycles. The van der Waals surface area contributed by atoms with Gasteiger partial charge < -0.3 is 14.9 Å². The number of hydrogen-bond acceptors (Lipinski definition) is 3. The van der Waals surface area contributed by atoms with E-state index in [0.717, 1.165) is 12.1 Å². The molecule has 2 aromatic rings. The van der Waals surface area contributed by atoms with Crippen LogP contribution in [0.15, 0.2) is 42.5 Å². The summed E-state index contributed by atoms with van der Waals surface area (Å²) in [5.74, 6) is -0.809. The van der Waals surface area contributed by atoms with E-state index in [9.17, 15) is 18.3 Å². The van der Waals surface area contributed by atoms with E-state index in [2.05, 4.69) is 4.74 Å². The van der Waals surface area contributed by atoms with Gasteiger partial charge in [0.1, 0.15) is 17.2 Å². The van der Waals surface area contributed by atoms with Gasteiger partial charge in [0.2, 0.25) is 0 Å². The summed E-state index contributed by atoms with van der Waals surface area (Å²) in [6.45, 7) is 0. The van der Waals surface area contributed by atoms with Crippen LogP contribution in [-0.2, 0) is 0 Å². The third-order valence-corrected chi connectivity index (χ3v) is 2.33. The molecule has 0 fully saturated rings. The summed E-state index contributed by atoms with van der Waals surface area (Å²) in [6.07, 6.45) is -4.82. The lowest BCUT2D eigenvalue weighted by atomic mass is 10.1. The Morgan fingerprint density at radius 1 is 0.789 bits per heavy atom. The monoisotopic (exact) mass is 270 g/mol. The summed E-state index contributed by atoms with van der Waals surface area (Å²) in [5, 5.41) is 18.6. The molecular weight excluding hydrogens is 261 g/mol. The van der Waals surface area contributed by atoms with E-state index < -0.39 is 12.1 Å². The molecule has 0 heterocycles. The number of rotatable bonds is 2. The van der Waals surface area contributed by atoms with E-state index >= 15 is 0 Å². The topological polar surface area (TPSA) is 49.7 Å². The first-order valence-corrected chi connectivity index (χ1v) is 5.23. The predicted molar refractivity (Wildman–Crippen MR) is 61.9 cm³/mol. The molecule has 2 aromatic carbocycles. The van der Waals surface area contributed by atoms with Gasteiger partial charge in [-0.3, -0.25) is 0 Å². The Morgan fingerprint density at radius 3 is 2.00 bits per heavy atom. The zero-order chi connectivity index (χ0) is 14.0. The van der Waals surface area contributed by atoms with Crippen molar-refractivity contribution in [3.8, 4) is 28.4 Å². The zero-order valence-electron chi connectivity index (χ0n) is 9.48. The maximum Gasteiger partial charge on any atom is 0.573 e. The van der Waals surface area contributed by atoms with Gasteiger partial charge >= 0.3 is 6.36 Å². The highest BCUT2D eigenvalue weighted by Crippen LogP contribution is 2.32. The van der Waals surface area contributed by atoms with Crippen LogP contribution in [-0.4, -0.2) is 16.6 Å². The smallest absolute Gasteiger partial charge is 0.508 e. The molecule has 3 nitrogen and oxygen atoms in total. The largest absolute Gasteiger partial charge is 0.573 e. The molecule has 0 spiro atoms. The van der Waals surface area contributed by atoms with Crippen LogP contribution in [0, 0.1) is 0 Å². The van der Waals surface area contributed by atoms with Crippen LogP contribution in [0.5, 0.6) is 17.2 Å². The Labute approximate surface area is 106 Å². The number of halogens is 3. The van der Waals surface area contributed by atoms with Gasteiger partial charge in [-0.25, -0.2) is 0 Å². The van der Waals surface area contributed by atoms with Crippen molar-refractivity contribution in [2.75, 3.05) is 0 Å². The Balaban J connectivity index is 2.39. The molecule has 2 rings (SSSR count). The van der Waals surface area contributed by atoms with Crippen molar-refractivity contribution in [2.24, 2.45) is 0 Å². The van der Waals surface area contributed by atoms with Crippen LogP contribution < -0.4 is 4.74 Å². The fourth-order valence-corrected chi connectivity index (χ4v) is 1.60. The maximum absolute atomic E-state index is 12.1. The highest BCUT2D eigenvalue weighted by atomic mass is 19.4. The molecular formula is C13H9F3O3. The molecule has 0 unspecified atom stereocenters. The van der Waals surface area contributed by atoms with Crippen molar-refractivity contribution in [3.05, 3.63) is 42.5 Å². The standard InChI is InChI=1S/C13H9F3O3/c14-13(15,16)19-12-6-9(5-11(18)7-12)8-1-3-10(17)4-2-8/h1-7,17-18H. The maximum atomic E-state index is 12.1. The number of alkyl halides is 3. The van der Waals surface area contributed by atoms with Crippen LogP contribution >= 0.6 is 0 Å². The van der Waals surface area contributed by atoms with Gasteiger partial charge in [0.05, 0.1) is 0 Å². The van der Waals surface area contributed by atoms with Gasteiger partial charge in [0, 0.05) is 6.07 Å². The van der Waals surface area contributed by atoms with E-state index in [1.807, 2.05) is 0 Å². The Bertz CT molecular complexity index is 577. The molecule has 2 N–H and O–H groups in total. The molecule has 0 saturated heterocycles. The van der Waals surface area contributed by atoms with Crippen LogP contribution in [0.4, 0.5) is 13.2 Å². The summed E-state index contributed by atoms with van der Waals surface area (Å²) < 4.78 is 40.1. The number of hydrogen-bond donors (Lipinski definition) is 2. The van der Waals surface area contributed by atoms with Gasteiger partial charge in [0.15, 0.2) is 0 Å². The fraction of sp³-hybridized carbons (Fsp3) is 0.0769. The fourth-order valence-electron chi connectivity index (χ4n) is 1.60. The number of ether oxygens (including phenoxy) is 1. The minimum absolute atomic E-state index is 0.0377. The first-order chi connectivity index (χ1) is 8.83. The van der Waals surface area contributed by atoms with E-state index in [1.165, 1.54) is 30.3 Å². The van der Waals surface area contributed by atoms with E-state index in [4.69, 9.17) is 5.11 Å². The van der Waals surface area contributed by atoms with Crippen LogP contribution in [0.3, 0.4) is 0 Å². The summed E-state index contributed by atoms with van der Waals surface area (Å²) in [7, 11) is 0. The third kappa shape index (κ3) is 3.54. The van der Waals surface area contributed by atoms with Crippen molar-refractivity contribution < 1.29 is 28.1 Å². The highest BCUT2D eigenvalue weighted by Gasteiger charge is 2.31. The Hall–Kier alpha value is -2.37. The Kier molecular flexibility index (Phi) is 3.25. The van der Waals surface area contributed by atoms with E-state index in [0.29, 0.717) is 11.1 Å². The summed E-state index contributed by atoms with van der Waals surface area (Å²) in [4.78, 5) is 0. The first-order valence-electron chi connectivity index (χ1n) is 5.23. The van der Waals surface area contributed by atoms with Gasteiger partial charge in [-0.15, -0.1) is 13.2 Å².